The van der Waals surface area contributed by atoms with Crippen LogP contribution in [-0.4, -0.2) is 25.5 Å². The topological polar surface area (TPSA) is 85.4 Å². The summed E-state index contributed by atoms with van der Waals surface area (Å²) in [4.78, 5) is 18.2. The van der Waals surface area contributed by atoms with E-state index < -0.39 is 10.0 Å². The summed E-state index contributed by atoms with van der Waals surface area (Å²) in [6, 6.07) is 6.06. The highest BCUT2D eigenvalue weighted by Gasteiger charge is 2.58. The standard InChI is InChI=1S/C22H25ClN2O4S2/c1-11-15-8-9-22(3)10-16-18(12(2)17(22)19(15)29-20(11)26)24-21(30-16)25-31(27,28)14-6-4-13(23)5-7-14/h4-7,11-12,15,17,19H,8-10H2,1-3H3,(H,24,25)/t11-,12+,15-,17+,19+,22+/m0/s1. The van der Waals surface area contributed by atoms with E-state index in [2.05, 4.69) is 18.6 Å². The van der Waals surface area contributed by atoms with Crippen molar-refractivity contribution >= 4 is 44.1 Å². The van der Waals surface area contributed by atoms with Crippen molar-refractivity contribution in [3.8, 4) is 0 Å². The van der Waals surface area contributed by atoms with Crippen LogP contribution in [0, 0.1) is 23.2 Å². The smallest absolute Gasteiger partial charge is 0.309 e. The molecule has 1 saturated carbocycles. The fourth-order valence-electron chi connectivity index (χ4n) is 5.91. The molecule has 2 heterocycles. The van der Waals surface area contributed by atoms with Crippen LogP contribution in [0.3, 0.4) is 0 Å². The molecule has 2 aromatic rings. The van der Waals surface area contributed by atoms with Crippen LogP contribution in [0.4, 0.5) is 5.13 Å². The van der Waals surface area contributed by atoms with Gasteiger partial charge in [-0.05, 0) is 48.9 Å². The lowest BCUT2D eigenvalue weighted by Gasteiger charge is -2.51. The predicted molar refractivity (Wildman–Crippen MR) is 120 cm³/mol. The molecule has 1 saturated heterocycles. The van der Waals surface area contributed by atoms with Gasteiger partial charge in [0.25, 0.3) is 10.0 Å². The SMILES string of the molecule is C[C@@H]1C(=O)O[C@@H]2[C@H]1CC[C@]1(C)Cc3sc(NS(=O)(=O)c4ccc(Cl)cc4)nc3[C@H](C)[C@H]21. The minimum atomic E-state index is -3.75. The number of hydrogen-bond acceptors (Lipinski definition) is 6. The molecule has 31 heavy (non-hydrogen) atoms. The average Bonchev–Trinajstić information content (AvgIpc) is 3.21. The van der Waals surface area contributed by atoms with E-state index in [1.165, 1.54) is 23.5 Å². The second kappa shape index (κ2) is 7.18. The van der Waals surface area contributed by atoms with E-state index in [1.807, 2.05) is 6.92 Å². The highest BCUT2D eigenvalue weighted by atomic mass is 35.5. The minimum Gasteiger partial charge on any atom is -0.461 e. The highest BCUT2D eigenvalue weighted by molar-refractivity contribution is 7.93. The van der Waals surface area contributed by atoms with Gasteiger partial charge in [-0.25, -0.2) is 13.4 Å². The number of ether oxygens (including phenoxy) is 1. The number of esters is 1. The van der Waals surface area contributed by atoms with Crippen molar-refractivity contribution in [3.63, 3.8) is 0 Å². The Kier molecular flexibility index (Phi) is 4.92. The number of anilines is 1. The van der Waals surface area contributed by atoms with Gasteiger partial charge in [0.05, 0.1) is 16.5 Å². The lowest BCUT2D eigenvalue weighted by molar-refractivity contribution is -0.149. The van der Waals surface area contributed by atoms with Crippen LogP contribution in [-0.2, 0) is 26.0 Å². The molecule has 1 aromatic carbocycles. The molecule has 0 bridgehead atoms. The zero-order valence-electron chi connectivity index (χ0n) is 17.6. The van der Waals surface area contributed by atoms with Crippen LogP contribution in [0.1, 0.15) is 50.1 Å². The fraction of sp³-hybridized carbons (Fsp3) is 0.545. The van der Waals surface area contributed by atoms with Crippen LogP contribution in [0.25, 0.3) is 0 Å². The van der Waals surface area contributed by atoms with E-state index in [9.17, 15) is 13.2 Å². The van der Waals surface area contributed by atoms with E-state index >= 15 is 0 Å². The number of fused-ring (bicyclic) bond motifs is 4. The third kappa shape index (κ3) is 3.38. The van der Waals surface area contributed by atoms with Crippen LogP contribution in [0.15, 0.2) is 29.2 Å². The molecule has 5 rings (SSSR count). The van der Waals surface area contributed by atoms with Crippen molar-refractivity contribution in [1.82, 2.24) is 4.98 Å². The summed E-state index contributed by atoms with van der Waals surface area (Å²) in [5, 5.41) is 0.857. The zero-order chi connectivity index (χ0) is 22.1. The predicted octanol–water partition coefficient (Wildman–Crippen LogP) is 4.85. The Balaban J connectivity index is 1.45. The van der Waals surface area contributed by atoms with Crippen molar-refractivity contribution in [2.24, 2.45) is 23.2 Å². The maximum Gasteiger partial charge on any atom is 0.309 e. The van der Waals surface area contributed by atoms with Crippen molar-refractivity contribution in [3.05, 3.63) is 39.9 Å². The number of rotatable bonds is 3. The van der Waals surface area contributed by atoms with E-state index in [1.54, 1.807) is 12.1 Å². The molecule has 0 unspecified atom stereocenters. The third-order valence-corrected chi connectivity index (χ3v) is 10.2. The summed E-state index contributed by atoms with van der Waals surface area (Å²) in [6.45, 7) is 6.39. The van der Waals surface area contributed by atoms with E-state index in [-0.39, 0.29) is 46.1 Å². The summed E-state index contributed by atoms with van der Waals surface area (Å²) in [5.74, 6) is 0.392. The maximum absolute atomic E-state index is 12.8. The molecule has 9 heteroatoms. The Hall–Kier alpha value is -1.64. The van der Waals surface area contributed by atoms with Crippen LogP contribution >= 0.6 is 22.9 Å². The molecular weight excluding hydrogens is 456 g/mol. The van der Waals surface area contributed by atoms with Crippen LogP contribution in [0.2, 0.25) is 5.02 Å². The largest absolute Gasteiger partial charge is 0.461 e. The summed E-state index contributed by atoms with van der Waals surface area (Å²) in [5.41, 5.74) is 0.939. The molecule has 1 N–H and O–H groups in total. The van der Waals surface area contributed by atoms with Gasteiger partial charge in [-0.1, -0.05) is 32.4 Å². The lowest BCUT2D eigenvalue weighted by Crippen LogP contribution is -2.50. The lowest BCUT2D eigenvalue weighted by atomic mass is 9.54. The van der Waals surface area contributed by atoms with Crippen LogP contribution < -0.4 is 4.72 Å². The van der Waals surface area contributed by atoms with Gasteiger partial charge in [-0.2, -0.15) is 0 Å². The highest BCUT2D eigenvalue weighted by Crippen LogP contribution is 2.59. The number of nitrogens with one attached hydrogen (secondary N) is 1. The van der Waals surface area contributed by atoms with Crippen LogP contribution in [0.5, 0.6) is 0 Å². The van der Waals surface area contributed by atoms with E-state index in [0.29, 0.717) is 10.2 Å². The second-order valence-electron chi connectivity index (χ2n) is 9.42. The molecule has 6 atom stereocenters. The van der Waals surface area contributed by atoms with E-state index in [4.69, 9.17) is 21.3 Å². The normalized spacial score (nSPS) is 34.5. The van der Waals surface area contributed by atoms with Crippen molar-refractivity contribution in [2.45, 2.75) is 57.0 Å². The number of carbonyl (C=O) groups excluding carboxylic acids is 1. The van der Waals surface area contributed by atoms with E-state index in [0.717, 1.165) is 29.8 Å². The molecule has 6 nitrogen and oxygen atoms in total. The number of nitrogens with zero attached hydrogens (tertiary/aromatic N) is 1. The molecule has 2 fully saturated rings. The first-order valence-electron chi connectivity index (χ1n) is 10.6. The zero-order valence-corrected chi connectivity index (χ0v) is 20.0. The number of sulfonamides is 1. The quantitative estimate of drug-likeness (QED) is 0.634. The first-order valence-corrected chi connectivity index (χ1v) is 13.3. The van der Waals surface area contributed by atoms with Crippen molar-refractivity contribution < 1.29 is 17.9 Å². The Bertz CT molecular complexity index is 1150. The molecule has 3 aliphatic rings. The molecule has 0 radical (unpaired) electrons. The van der Waals surface area contributed by atoms with Gasteiger partial charge >= 0.3 is 5.97 Å². The van der Waals surface area contributed by atoms with Gasteiger partial charge in [0.1, 0.15) is 6.10 Å². The van der Waals surface area contributed by atoms with Crippen molar-refractivity contribution in [2.75, 3.05) is 4.72 Å². The summed E-state index contributed by atoms with van der Waals surface area (Å²) in [7, 11) is -3.75. The number of aromatic nitrogens is 1. The Morgan fingerprint density at radius 2 is 1.94 bits per heavy atom. The fourth-order valence-corrected chi connectivity index (χ4v) is 8.54. The van der Waals surface area contributed by atoms with Gasteiger partial charge < -0.3 is 4.74 Å². The van der Waals surface area contributed by atoms with Gasteiger partial charge in [-0.15, -0.1) is 11.3 Å². The Morgan fingerprint density at radius 1 is 1.23 bits per heavy atom. The molecule has 0 amide bonds. The summed E-state index contributed by atoms with van der Waals surface area (Å²) < 4.78 is 34.1. The number of thiazole rings is 1. The van der Waals surface area contributed by atoms with Gasteiger partial charge in [0, 0.05) is 27.7 Å². The Morgan fingerprint density at radius 3 is 2.65 bits per heavy atom. The molecule has 0 spiro atoms. The number of benzene rings is 1. The molecule has 1 aromatic heterocycles. The average molecular weight is 481 g/mol. The maximum atomic E-state index is 12.8. The number of carbonyl (C=O) groups is 1. The molecular formula is C22H25ClN2O4S2. The first-order chi connectivity index (χ1) is 14.6. The van der Waals surface area contributed by atoms with Gasteiger partial charge in [0.15, 0.2) is 5.13 Å². The molecule has 1 aliphatic heterocycles. The number of hydrogen-bond donors (Lipinski definition) is 1. The summed E-state index contributed by atoms with van der Waals surface area (Å²) >= 11 is 7.29. The minimum absolute atomic E-state index is 0.0107. The van der Waals surface area contributed by atoms with Crippen molar-refractivity contribution in [1.29, 1.82) is 0 Å². The van der Waals surface area contributed by atoms with Gasteiger partial charge in [-0.3, -0.25) is 9.52 Å². The first kappa shape index (κ1) is 21.2. The third-order valence-electron chi connectivity index (χ3n) is 7.50. The molecule has 166 valence electrons. The number of halogens is 1. The van der Waals surface area contributed by atoms with Gasteiger partial charge in [0.2, 0.25) is 0 Å². The molecule has 2 aliphatic carbocycles. The summed E-state index contributed by atoms with van der Waals surface area (Å²) in [6.07, 6.45) is 2.77. The monoisotopic (exact) mass is 480 g/mol. The second-order valence-corrected chi connectivity index (χ2v) is 12.6. The Labute approximate surface area is 191 Å².